The highest BCUT2D eigenvalue weighted by Crippen LogP contribution is 2.19. The maximum Gasteiger partial charge on any atom is 0.272 e. The molecule has 1 aromatic heterocycles. The summed E-state index contributed by atoms with van der Waals surface area (Å²) in [7, 11) is 0. The van der Waals surface area contributed by atoms with Crippen molar-refractivity contribution in [2.75, 3.05) is 6.54 Å². The SMILES string of the molecule is CC(C)(C)CNC(=O)c1[nH]cnc1C(=O)NC1CCC(O)CC1. The van der Waals surface area contributed by atoms with Crippen molar-refractivity contribution < 1.29 is 14.7 Å². The third-order valence-corrected chi connectivity index (χ3v) is 3.89. The molecule has 128 valence electrons. The number of aliphatic hydroxyl groups is 1. The number of aromatic nitrogens is 2. The summed E-state index contributed by atoms with van der Waals surface area (Å²) in [5.41, 5.74) is 0.256. The Labute approximate surface area is 136 Å². The second-order valence-corrected chi connectivity index (χ2v) is 7.35. The summed E-state index contributed by atoms with van der Waals surface area (Å²) in [5, 5.41) is 15.2. The van der Waals surface area contributed by atoms with Crippen molar-refractivity contribution in [3.8, 4) is 0 Å². The fourth-order valence-corrected chi connectivity index (χ4v) is 2.55. The summed E-state index contributed by atoms with van der Waals surface area (Å²) >= 11 is 0. The minimum Gasteiger partial charge on any atom is -0.393 e. The fourth-order valence-electron chi connectivity index (χ4n) is 2.55. The van der Waals surface area contributed by atoms with Gasteiger partial charge in [0.25, 0.3) is 11.8 Å². The van der Waals surface area contributed by atoms with Crippen LogP contribution in [0.25, 0.3) is 0 Å². The normalized spacial score (nSPS) is 21.7. The highest BCUT2D eigenvalue weighted by atomic mass is 16.3. The third kappa shape index (κ3) is 5.06. The standard InChI is InChI=1S/C16H26N4O3/c1-16(2,3)8-17-14(22)12-13(19-9-18-12)15(23)20-10-4-6-11(21)7-5-10/h9-11,21H,4-8H2,1-3H3,(H,17,22)(H,18,19)(H,20,23). The van der Waals surface area contributed by atoms with E-state index in [1.54, 1.807) is 0 Å². The molecule has 0 spiro atoms. The Morgan fingerprint density at radius 3 is 2.52 bits per heavy atom. The lowest BCUT2D eigenvalue weighted by Gasteiger charge is -2.26. The Morgan fingerprint density at radius 1 is 1.26 bits per heavy atom. The molecule has 1 fully saturated rings. The molecule has 0 aliphatic heterocycles. The lowest BCUT2D eigenvalue weighted by molar-refractivity contribution is 0.0852. The van der Waals surface area contributed by atoms with Crippen LogP contribution in [0.4, 0.5) is 0 Å². The summed E-state index contributed by atoms with van der Waals surface area (Å²) in [6.07, 6.45) is 3.93. The van der Waals surface area contributed by atoms with E-state index in [1.807, 2.05) is 20.8 Å². The van der Waals surface area contributed by atoms with Crippen LogP contribution in [0.15, 0.2) is 6.33 Å². The number of carbonyl (C=O) groups excluding carboxylic acids is 2. The molecule has 4 N–H and O–H groups in total. The van der Waals surface area contributed by atoms with Crippen molar-refractivity contribution in [1.82, 2.24) is 20.6 Å². The van der Waals surface area contributed by atoms with Gasteiger partial charge in [-0.3, -0.25) is 9.59 Å². The van der Waals surface area contributed by atoms with Gasteiger partial charge in [-0.1, -0.05) is 20.8 Å². The Bertz CT molecular complexity index is 554. The maximum absolute atomic E-state index is 12.3. The number of aromatic amines is 1. The Kier molecular flexibility index (Phi) is 5.41. The van der Waals surface area contributed by atoms with Crippen LogP contribution in [0.2, 0.25) is 0 Å². The van der Waals surface area contributed by atoms with Crippen molar-refractivity contribution in [2.24, 2.45) is 5.41 Å². The molecule has 1 aromatic rings. The van der Waals surface area contributed by atoms with E-state index in [4.69, 9.17) is 0 Å². The van der Waals surface area contributed by atoms with E-state index in [0.717, 1.165) is 12.8 Å². The zero-order chi connectivity index (χ0) is 17.0. The first-order valence-electron chi connectivity index (χ1n) is 8.07. The molecule has 7 nitrogen and oxygen atoms in total. The van der Waals surface area contributed by atoms with E-state index < -0.39 is 0 Å². The van der Waals surface area contributed by atoms with Gasteiger partial charge in [0.05, 0.1) is 12.4 Å². The van der Waals surface area contributed by atoms with Crippen LogP contribution >= 0.6 is 0 Å². The highest BCUT2D eigenvalue weighted by Gasteiger charge is 2.25. The number of H-pyrrole nitrogens is 1. The molecule has 7 heteroatoms. The predicted octanol–water partition coefficient (Wildman–Crippen LogP) is 1.22. The number of imidazole rings is 1. The molecule has 1 aliphatic carbocycles. The van der Waals surface area contributed by atoms with Gasteiger partial charge in [-0.15, -0.1) is 0 Å². The van der Waals surface area contributed by atoms with Crippen LogP contribution in [-0.2, 0) is 0 Å². The molecule has 0 unspecified atom stereocenters. The number of aliphatic hydroxyl groups excluding tert-OH is 1. The van der Waals surface area contributed by atoms with Crippen molar-refractivity contribution >= 4 is 11.8 Å². The van der Waals surface area contributed by atoms with Gasteiger partial charge in [-0.05, 0) is 31.1 Å². The number of rotatable bonds is 4. The van der Waals surface area contributed by atoms with Crippen LogP contribution in [-0.4, -0.2) is 45.6 Å². The van der Waals surface area contributed by atoms with Crippen LogP contribution < -0.4 is 10.6 Å². The van der Waals surface area contributed by atoms with Gasteiger partial charge in [-0.25, -0.2) is 4.98 Å². The smallest absolute Gasteiger partial charge is 0.272 e. The Hall–Kier alpha value is -1.89. The molecule has 0 aromatic carbocycles. The summed E-state index contributed by atoms with van der Waals surface area (Å²) in [6, 6.07) is 0.0214. The maximum atomic E-state index is 12.3. The summed E-state index contributed by atoms with van der Waals surface area (Å²) in [6.45, 7) is 6.56. The lowest BCUT2D eigenvalue weighted by Crippen LogP contribution is -2.40. The monoisotopic (exact) mass is 322 g/mol. The van der Waals surface area contributed by atoms with Crippen molar-refractivity contribution in [3.63, 3.8) is 0 Å². The zero-order valence-electron chi connectivity index (χ0n) is 14.0. The molecule has 1 saturated carbocycles. The second-order valence-electron chi connectivity index (χ2n) is 7.35. The van der Waals surface area contributed by atoms with Crippen LogP contribution in [0.1, 0.15) is 67.4 Å². The molecule has 0 atom stereocenters. The quantitative estimate of drug-likeness (QED) is 0.668. The first-order chi connectivity index (χ1) is 10.8. The molecule has 1 aliphatic rings. The second kappa shape index (κ2) is 7.12. The molecule has 0 bridgehead atoms. The third-order valence-electron chi connectivity index (χ3n) is 3.89. The highest BCUT2D eigenvalue weighted by molar-refractivity contribution is 6.04. The zero-order valence-corrected chi connectivity index (χ0v) is 14.0. The largest absolute Gasteiger partial charge is 0.393 e. The average Bonchev–Trinajstić information content (AvgIpc) is 2.96. The molecular weight excluding hydrogens is 296 g/mol. The van der Waals surface area contributed by atoms with E-state index in [9.17, 15) is 14.7 Å². The molecule has 0 saturated heterocycles. The van der Waals surface area contributed by atoms with Gasteiger partial charge < -0.3 is 20.7 Å². The lowest BCUT2D eigenvalue weighted by atomic mass is 9.93. The molecular formula is C16H26N4O3. The molecule has 2 rings (SSSR count). The van der Waals surface area contributed by atoms with Crippen molar-refractivity contribution in [3.05, 3.63) is 17.7 Å². The summed E-state index contributed by atoms with van der Waals surface area (Å²) in [5.74, 6) is -0.685. The van der Waals surface area contributed by atoms with Gasteiger partial charge in [0.1, 0.15) is 5.69 Å². The van der Waals surface area contributed by atoms with E-state index in [-0.39, 0.29) is 40.8 Å². The van der Waals surface area contributed by atoms with Crippen LogP contribution in [0.3, 0.4) is 0 Å². The van der Waals surface area contributed by atoms with Gasteiger partial charge >= 0.3 is 0 Å². The molecule has 23 heavy (non-hydrogen) atoms. The predicted molar refractivity (Wildman–Crippen MR) is 86.1 cm³/mol. The minimum atomic E-state index is -0.353. The first-order valence-corrected chi connectivity index (χ1v) is 8.07. The van der Waals surface area contributed by atoms with Gasteiger partial charge in [0.15, 0.2) is 5.69 Å². The van der Waals surface area contributed by atoms with E-state index in [1.165, 1.54) is 6.33 Å². The summed E-state index contributed by atoms with van der Waals surface area (Å²) < 4.78 is 0. The van der Waals surface area contributed by atoms with E-state index in [2.05, 4.69) is 20.6 Å². The van der Waals surface area contributed by atoms with Gasteiger partial charge in [0, 0.05) is 12.6 Å². The number of nitrogens with one attached hydrogen (secondary N) is 3. The number of nitrogens with zero attached hydrogens (tertiary/aromatic N) is 1. The van der Waals surface area contributed by atoms with E-state index >= 15 is 0 Å². The topological polar surface area (TPSA) is 107 Å². The number of amides is 2. The number of hydrogen-bond donors (Lipinski definition) is 4. The van der Waals surface area contributed by atoms with Crippen LogP contribution in [0.5, 0.6) is 0 Å². The fraction of sp³-hybridized carbons (Fsp3) is 0.688. The minimum absolute atomic E-state index is 0.0214. The van der Waals surface area contributed by atoms with Gasteiger partial charge in [0.2, 0.25) is 0 Å². The first kappa shape index (κ1) is 17.5. The van der Waals surface area contributed by atoms with Crippen molar-refractivity contribution in [2.45, 2.75) is 58.6 Å². The van der Waals surface area contributed by atoms with Crippen molar-refractivity contribution in [1.29, 1.82) is 0 Å². The summed E-state index contributed by atoms with van der Waals surface area (Å²) in [4.78, 5) is 31.3. The molecule has 0 radical (unpaired) electrons. The van der Waals surface area contributed by atoms with Crippen LogP contribution in [0, 0.1) is 5.41 Å². The molecule has 1 heterocycles. The number of carbonyl (C=O) groups is 2. The Balaban J connectivity index is 1.96. The van der Waals surface area contributed by atoms with Gasteiger partial charge in [-0.2, -0.15) is 0 Å². The number of hydrogen-bond acceptors (Lipinski definition) is 4. The van der Waals surface area contributed by atoms with E-state index in [0.29, 0.717) is 19.4 Å². The molecule has 2 amide bonds. The Morgan fingerprint density at radius 2 is 1.91 bits per heavy atom. The average molecular weight is 322 g/mol.